The van der Waals surface area contributed by atoms with Crippen LogP contribution in [0.2, 0.25) is 0 Å². The SMILES string of the molecule is COc1cc(C)nc(NC(=O)N2CSC=C2S(N)(=O)=O)n1. The molecule has 11 heteroatoms. The molecule has 1 aromatic rings. The first-order valence-electron chi connectivity index (χ1n) is 5.64. The number of rotatable bonds is 3. The molecular formula is C10H13N5O4S2. The number of nitrogens with one attached hydrogen (secondary N) is 1. The smallest absolute Gasteiger partial charge is 0.330 e. The third-order valence-electron chi connectivity index (χ3n) is 2.45. The number of carbonyl (C=O) groups is 1. The predicted octanol–water partition coefficient (Wildman–Crippen LogP) is 0.419. The summed E-state index contributed by atoms with van der Waals surface area (Å²) < 4.78 is 27.7. The zero-order valence-corrected chi connectivity index (χ0v) is 12.9. The molecule has 0 radical (unpaired) electrons. The lowest BCUT2D eigenvalue weighted by Crippen LogP contribution is -2.36. The van der Waals surface area contributed by atoms with E-state index in [0.717, 1.165) is 16.7 Å². The maximum absolute atomic E-state index is 12.1. The van der Waals surface area contributed by atoms with Gasteiger partial charge in [0.15, 0.2) is 5.03 Å². The highest BCUT2D eigenvalue weighted by molar-refractivity contribution is 8.04. The molecule has 0 bridgehead atoms. The molecule has 0 unspecified atom stereocenters. The minimum Gasteiger partial charge on any atom is -0.481 e. The molecule has 114 valence electrons. The Morgan fingerprint density at radius 2 is 2.24 bits per heavy atom. The highest BCUT2D eigenvalue weighted by Crippen LogP contribution is 2.26. The molecule has 3 N–H and O–H groups in total. The van der Waals surface area contributed by atoms with Crippen LogP contribution < -0.4 is 15.2 Å². The molecule has 9 nitrogen and oxygen atoms in total. The summed E-state index contributed by atoms with van der Waals surface area (Å²) in [6.07, 6.45) is 0. The monoisotopic (exact) mass is 331 g/mol. The van der Waals surface area contributed by atoms with Crippen LogP contribution in [0, 0.1) is 6.92 Å². The van der Waals surface area contributed by atoms with Crippen molar-refractivity contribution >= 4 is 33.8 Å². The highest BCUT2D eigenvalue weighted by Gasteiger charge is 2.30. The van der Waals surface area contributed by atoms with E-state index in [1.807, 2.05) is 0 Å². The molecule has 1 aromatic heterocycles. The molecule has 2 heterocycles. The molecule has 0 spiro atoms. The van der Waals surface area contributed by atoms with Gasteiger partial charge in [0, 0.05) is 17.2 Å². The van der Waals surface area contributed by atoms with Gasteiger partial charge in [0.2, 0.25) is 11.8 Å². The number of aryl methyl sites for hydroxylation is 1. The molecule has 0 aliphatic carbocycles. The van der Waals surface area contributed by atoms with Crippen molar-refractivity contribution in [2.75, 3.05) is 18.3 Å². The average Bonchev–Trinajstić information content (AvgIpc) is 2.87. The first-order chi connectivity index (χ1) is 9.81. The van der Waals surface area contributed by atoms with Crippen molar-refractivity contribution < 1.29 is 17.9 Å². The van der Waals surface area contributed by atoms with Crippen LogP contribution in [0.4, 0.5) is 10.7 Å². The molecule has 0 saturated heterocycles. The number of methoxy groups -OCH3 is 1. The number of carbonyl (C=O) groups excluding carboxylic acids is 1. The first kappa shape index (κ1) is 15.5. The second kappa shape index (κ2) is 5.87. The standard InChI is InChI=1S/C10H13N5O4S2/c1-6-3-7(19-2)13-9(12-6)14-10(16)15-5-20-4-8(15)21(11,17)18/h3-4H,5H2,1-2H3,(H2,11,17,18)(H,12,13,14,16). The van der Waals surface area contributed by atoms with Gasteiger partial charge in [-0.3, -0.25) is 10.2 Å². The molecule has 0 saturated carbocycles. The van der Waals surface area contributed by atoms with Gasteiger partial charge >= 0.3 is 6.03 Å². The van der Waals surface area contributed by atoms with Crippen molar-refractivity contribution in [3.63, 3.8) is 0 Å². The number of nitrogens with zero attached hydrogens (tertiary/aromatic N) is 3. The summed E-state index contributed by atoms with van der Waals surface area (Å²) in [5.74, 6) is 0.443. The van der Waals surface area contributed by atoms with Crippen molar-refractivity contribution in [1.82, 2.24) is 14.9 Å². The second-order valence-corrected chi connectivity index (χ2v) is 6.37. The highest BCUT2D eigenvalue weighted by atomic mass is 32.2. The number of sulfonamides is 1. The molecule has 1 aliphatic rings. The maximum Gasteiger partial charge on any atom is 0.330 e. The summed E-state index contributed by atoms with van der Waals surface area (Å²) in [5.41, 5.74) is 0.593. The van der Waals surface area contributed by atoms with Crippen molar-refractivity contribution in [2.45, 2.75) is 6.92 Å². The second-order valence-electron chi connectivity index (χ2n) is 4.03. The van der Waals surface area contributed by atoms with E-state index < -0.39 is 16.1 Å². The van der Waals surface area contributed by atoms with E-state index in [4.69, 9.17) is 9.88 Å². The first-order valence-corrected chi connectivity index (χ1v) is 8.23. The number of hydrogen-bond donors (Lipinski definition) is 2. The average molecular weight is 331 g/mol. The van der Waals surface area contributed by atoms with Crippen LogP contribution in [0.5, 0.6) is 5.88 Å². The van der Waals surface area contributed by atoms with E-state index in [1.54, 1.807) is 13.0 Å². The number of urea groups is 1. The topological polar surface area (TPSA) is 128 Å². The fourth-order valence-electron chi connectivity index (χ4n) is 1.55. The normalized spacial score (nSPS) is 14.8. The number of nitrogens with two attached hydrogens (primary N) is 1. The fourth-order valence-corrected chi connectivity index (χ4v) is 3.58. The number of primary sulfonamides is 1. The minimum atomic E-state index is -3.97. The summed E-state index contributed by atoms with van der Waals surface area (Å²) in [4.78, 5) is 21.1. The summed E-state index contributed by atoms with van der Waals surface area (Å²) in [5, 5.41) is 8.51. The van der Waals surface area contributed by atoms with Crippen molar-refractivity contribution in [1.29, 1.82) is 0 Å². The van der Waals surface area contributed by atoms with Gasteiger partial charge in [0.1, 0.15) is 0 Å². The van der Waals surface area contributed by atoms with E-state index in [-0.39, 0.29) is 22.7 Å². The number of aromatic nitrogens is 2. The van der Waals surface area contributed by atoms with E-state index in [9.17, 15) is 13.2 Å². The maximum atomic E-state index is 12.1. The Bertz CT molecular complexity index is 703. The minimum absolute atomic E-state index is 0.0162. The number of amides is 2. The van der Waals surface area contributed by atoms with Crippen LogP contribution in [0.1, 0.15) is 5.69 Å². The van der Waals surface area contributed by atoms with Crippen LogP contribution in [0.25, 0.3) is 0 Å². The van der Waals surface area contributed by atoms with E-state index in [0.29, 0.717) is 5.69 Å². The van der Waals surface area contributed by atoms with Crippen molar-refractivity contribution in [3.8, 4) is 5.88 Å². The summed E-state index contributed by atoms with van der Waals surface area (Å²) in [7, 11) is -2.53. The van der Waals surface area contributed by atoms with Gasteiger partial charge in [-0.05, 0) is 6.92 Å². The van der Waals surface area contributed by atoms with Gasteiger partial charge in [-0.15, -0.1) is 11.8 Å². The molecular weight excluding hydrogens is 318 g/mol. The van der Waals surface area contributed by atoms with Crippen LogP contribution in [-0.4, -0.2) is 42.3 Å². The van der Waals surface area contributed by atoms with Crippen LogP contribution in [0.15, 0.2) is 16.5 Å². The number of anilines is 1. The third-order valence-corrected chi connectivity index (χ3v) is 4.32. The number of thioether (sulfide) groups is 1. The van der Waals surface area contributed by atoms with Crippen molar-refractivity contribution in [2.24, 2.45) is 5.14 Å². The molecule has 0 aromatic carbocycles. The third kappa shape index (κ3) is 3.62. The molecule has 0 fully saturated rings. The van der Waals surface area contributed by atoms with Gasteiger partial charge in [0.25, 0.3) is 10.0 Å². The molecule has 2 amide bonds. The van der Waals surface area contributed by atoms with Gasteiger partial charge in [0.05, 0.1) is 13.0 Å². The fraction of sp³-hybridized carbons (Fsp3) is 0.300. The molecule has 21 heavy (non-hydrogen) atoms. The number of hydrogen-bond acceptors (Lipinski definition) is 7. The number of ether oxygens (including phenoxy) is 1. The van der Waals surface area contributed by atoms with E-state index in [2.05, 4.69) is 15.3 Å². The lowest BCUT2D eigenvalue weighted by atomic mass is 10.4. The van der Waals surface area contributed by atoms with Crippen LogP contribution in [-0.2, 0) is 10.0 Å². The Morgan fingerprint density at radius 3 is 2.86 bits per heavy atom. The van der Waals surface area contributed by atoms with Gasteiger partial charge in [-0.1, -0.05) is 0 Å². The zero-order chi connectivity index (χ0) is 15.6. The Labute approximate surface area is 125 Å². The lowest BCUT2D eigenvalue weighted by Gasteiger charge is -2.18. The molecule has 1 aliphatic heterocycles. The van der Waals surface area contributed by atoms with Gasteiger partial charge in [-0.2, -0.15) is 4.98 Å². The summed E-state index contributed by atoms with van der Waals surface area (Å²) in [6, 6.07) is 0.907. The quantitative estimate of drug-likeness (QED) is 0.821. The largest absolute Gasteiger partial charge is 0.481 e. The van der Waals surface area contributed by atoms with E-state index >= 15 is 0 Å². The van der Waals surface area contributed by atoms with E-state index in [1.165, 1.54) is 12.5 Å². The van der Waals surface area contributed by atoms with Gasteiger partial charge in [-0.25, -0.2) is 23.3 Å². The van der Waals surface area contributed by atoms with Crippen LogP contribution in [0.3, 0.4) is 0 Å². The Balaban J connectivity index is 2.19. The zero-order valence-electron chi connectivity index (χ0n) is 11.2. The molecule has 2 rings (SSSR count). The molecule has 0 atom stereocenters. The summed E-state index contributed by atoms with van der Waals surface area (Å²) in [6.45, 7) is 1.71. The lowest BCUT2D eigenvalue weighted by molar-refractivity contribution is 0.233. The summed E-state index contributed by atoms with van der Waals surface area (Å²) >= 11 is 1.15. The Morgan fingerprint density at radius 1 is 1.52 bits per heavy atom. The van der Waals surface area contributed by atoms with Crippen LogP contribution >= 0.6 is 11.8 Å². The van der Waals surface area contributed by atoms with Crippen molar-refractivity contribution in [3.05, 3.63) is 22.2 Å². The Kier molecular flexibility index (Phi) is 4.34. The predicted molar refractivity (Wildman–Crippen MR) is 77.8 cm³/mol. The Hall–Kier alpha value is -1.85. The van der Waals surface area contributed by atoms with Gasteiger partial charge < -0.3 is 4.74 Å².